The van der Waals surface area contributed by atoms with Crippen LogP contribution in [-0.4, -0.2) is 24.1 Å². The van der Waals surface area contributed by atoms with Gasteiger partial charge in [0.25, 0.3) is 0 Å². The summed E-state index contributed by atoms with van der Waals surface area (Å²) >= 11 is 0. The molecular formula is C9H8F2N2O3. The number of carbonyl (C=O) groups excluding carboxylic acids is 1. The SMILES string of the molecule is COC(=O)c1cc(F)c(/C(N)=N\O)cc1F. The minimum Gasteiger partial charge on any atom is -0.465 e. The third-order valence-corrected chi connectivity index (χ3v) is 1.85. The Hall–Kier alpha value is -2.18. The Kier molecular flexibility index (Phi) is 3.39. The average Bonchev–Trinajstić information content (AvgIpc) is 2.29. The largest absolute Gasteiger partial charge is 0.465 e. The van der Waals surface area contributed by atoms with E-state index in [-0.39, 0.29) is 0 Å². The lowest BCUT2D eigenvalue weighted by Gasteiger charge is -2.05. The summed E-state index contributed by atoms with van der Waals surface area (Å²) < 4.78 is 30.9. The Bertz CT molecular complexity index is 460. The molecule has 0 fully saturated rings. The molecule has 86 valence electrons. The van der Waals surface area contributed by atoms with Crippen LogP contribution in [0.1, 0.15) is 15.9 Å². The summed E-state index contributed by atoms with van der Waals surface area (Å²) in [6.45, 7) is 0. The molecule has 1 aromatic rings. The summed E-state index contributed by atoms with van der Waals surface area (Å²) in [5.74, 6) is -3.61. The summed E-state index contributed by atoms with van der Waals surface area (Å²) in [5.41, 5.74) is 4.10. The van der Waals surface area contributed by atoms with Crippen molar-refractivity contribution < 1.29 is 23.5 Å². The number of methoxy groups -OCH3 is 1. The first-order chi connectivity index (χ1) is 7.51. The lowest BCUT2D eigenvalue weighted by atomic mass is 10.1. The highest BCUT2D eigenvalue weighted by molar-refractivity contribution is 5.98. The fourth-order valence-electron chi connectivity index (χ4n) is 1.06. The second-order valence-corrected chi connectivity index (χ2v) is 2.79. The molecule has 1 aromatic carbocycles. The summed E-state index contributed by atoms with van der Waals surface area (Å²) in [7, 11) is 1.04. The number of ether oxygens (including phenoxy) is 1. The van der Waals surface area contributed by atoms with E-state index in [9.17, 15) is 13.6 Å². The van der Waals surface area contributed by atoms with Gasteiger partial charge in [0.2, 0.25) is 0 Å². The van der Waals surface area contributed by atoms with Gasteiger partial charge in [0.05, 0.1) is 18.2 Å². The van der Waals surface area contributed by atoms with Crippen molar-refractivity contribution in [3.05, 3.63) is 34.9 Å². The van der Waals surface area contributed by atoms with Crippen molar-refractivity contribution in [1.82, 2.24) is 0 Å². The number of oxime groups is 1. The summed E-state index contributed by atoms with van der Waals surface area (Å²) in [5, 5.41) is 10.8. The van der Waals surface area contributed by atoms with E-state index < -0.39 is 34.6 Å². The van der Waals surface area contributed by atoms with Gasteiger partial charge in [-0.15, -0.1) is 0 Å². The topological polar surface area (TPSA) is 84.9 Å². The molecule has 0 radical (unpaired) electrons. The Morgan fingerprint density at radius 3 is 2.38 bits per heavy atom. The molecule has 0 spiro atoms. The number of amidine groups is 1. The Balaban J connectivity index is 3.33. The zero-order valence-electron chi connectivity index (χ0n) is 8.20. The summed E-state index contributed by atoms with van der Waals surface area (Å²) in [6, 6.07) is 1.27. The number of carbonyl (C=O) groups is 1. The molecule has 16 heavy (non-hydrogen) atoms. The molecule has 7 heteroatoms. The number of nitrogens with zero attached hydrogens (tertiary/aromatic N) is 1. The van der Waals surface area contributed by atoms with Crippen LogP contribution in [0.3, 0.4) is 0 Å². The molecular weight excluding hydrogens is 222 g/mol. The monoisotopic (exact) mass is 230 g/mol. The van der Waals surface area contributed by atoms with Gasteiger partial charge in [0.15, 0.2) is 5.84 Å². The molecule has 0 atom stereocenters. The minimum atomic E-state index is -1.02. The number of benzene rings is 1. The molecule has 5 nitrogen and oxygen atoms in total. The smallest absolute Gasteiger partial charge is 0.340 e. The van der Waals surface area contributed by atoms with Crippen LogP contribution in [0.4, 0.5) is 8.78 Å². The van der Waals surface area contributed by atoms with Crippen LogP contribution in [0.25, 0.3) is 0 Å². The fraction of sp³-hybridized carbons (Fsp3) is 0.111. The van der Waals surface area contributed by atoms with E-state index in [1.165, 1.54) is 0 Å². The molecule has 0 aromatic heterocycles. The van der Waals surface area contributed by atoms with Crippen LogP contribution in [0.2, 0.25) is 0 Å². The van der Waals surface area contributed by atoms with Gasteiger partial charge in [-0.25, -0.2) is 13.6 Å². The maximum atomic E-state index is 13.3. The molecule has 0 saturated carbocycles. The highest BCUT2D eigenvalue weighted by Gasteiger charge is 2.18. The number of hydrogen-bond donors (Lipinski definition) is 2. The first kappa shape index (κ1) is 11.9. The first-order valence-electron chi connectivity index (χ1n) is 4.06. The standard InChI is InChI=1S/C9H8F2N2O3/c1-16-9(14)5-3-6(10)4(2-7(5)11)8(12)13-15/h2-3,15H,1H3,(H2,12,13). The third-order valence-electron chi connectivity index (χ3n) is 1.85. The Labute approximate surface area is 89.1 Å². The van der Waals surface area contributed by atoms with E-state index >= 15 is 0 Å². The predicted molar refractivity (Wildman–Crippen MR) is 50.2 cm³/mol. The van der Waals surface area contributed by atoms with Gasteiger partial charge < -0.3 is 15.7 Å². The van der Waals surface area contributed by atoms with Gasteiger partial charge >= 0.3 is 5.97 Å². The molecule has 1 rings (SSSR count). The summed E-state index contributed by atoms with van der Waals surface area (Å²) in [4.78, 5) is 11.0. The highest BCUT2D eigenvalue weighted by atomic mass is 19.1. The fourth-order valence-corrected chi connectivity index (χ4v) is 1.06. The van der Waals surface area contributed by atoms with E-state index in [4.69, 9.17) is 10.9 Å². The van der Waals surface area contributed by atoms with Crippen molar-refractivity contribution in [2.45, 2.75) is 0 Å². The van der Waals surface area contributed by atoms with Crippen LogP contribution in [0.15, 0.2) is 17.3 Å². The molecule has 0 aliphatic heterocycles. The van der Waals surface area contributed by atoms with Crippen molar-refractivity contribution in [2.75, 3.05) is 7.11 Å². The molecule has 0 aliphatic rings. The lowest BCUT2D eigenvalue weighted by Crippen LogP contribution is -2.17. The Morgan fingerprint density at radius 2 is 1.88 bits per heavy atom. The van der Waals surface area contributed by atoms with Crippen molar-refractivity contribution in [2.24, 2.45) is 10.9 Å². The third kappa shape index (κ3) is 2.08. The number of nitrogens with two attached hydrogens (primary N) is 1. The number of hydrogen-bond acceptors (Lipinski definition) is 4. The van der Waals surface area contributed by atoms with E-state index in [1.54, 1.807) is 0 Å². The predicted octanol–water partition coefficient (Wildman–Crippen LogP) is 0.846. The van der Waals surface area contributed by atoms with Crippen LogP contribution in [0.5, 0.6) is 0 Å². The maximum absolute atomic E-state index is 13.3. The van der Waals surface area contributed by atoms with Gasteiger partial charge in [0.1, 0.15) is 11.6 Å². The van der Waals surface area contributed by atoms with E-state index in [2.05, 4.69) is 9.89 Å². The zero-order chi connectivity index (χ0) is 12.3. The minimum absolute atomic E-state index is 0.437. The molecule has 0 heterocycles. The van der Waals surface area contributed by atoms with E-state index in [0.29, 0.717) is 12.1 Å². The van der Waals surface area contributed by atoms with Gasteiger partial charge in [-0.3, -0.25) is 0 Å². The number of esters is 1. The van der Waals surface area contributed by atoms with Crippen molar-refractivity contribution >= 4 is 11.8 Å². The second kappa shape index (κ2) is 4.56. The average molecular weight is 230 g/mol. The van der Waals surface area contributed by atoms with Crippen molar-refractivity contribution in [3.8, 4) is 0 Å². The Morgan fingerprint density at radius 1 is 1.38 bits per heavy atom. The molecule has 3 N–H and O–H groups in total. The zero-order valence-corrected chi connectivity index (χ0v) is 8.20. The van der Waals surface area contributed by atoms with Crippen molar-refractivity contribution in [3.63, 3.8) is 0 Å². The van der Waals surface area contributed by atoms with Gasteiger partial charge in [-0.05, 0) is 12.1 Å². The van der Waals surface area contributed by atoms with Crippen LogP contribution in [-0.2, 0) is 4.74 Å². The summed E-state index contributed by atoms with van der Waals surface area (Å²) in [6.07, 6.45) is 0. The molecule has 0 aliphatic carbocycles. The number of rotatable bonds is 2. The number of halogens is 2. The van der Waals surface area contributed by atoms with Crippen LogP contribution >= 0.6 is 0 Å². The van der Waals surface area contributed by atoms with Crippen LogP contribution < -0.4 is 5.73 Å². The molecule has 0 unspecified atom stereocenters. The molecule has 0 amide bonds. The normalized spacial score (nSPS) is 11.3. The quantitative estimate of drug-likeness (QED) is 0.259. The van der Waals surface area contributed by atoms with E-state index in [1.807, 2.05) is 0 Å². The highest BCUT2D eigenvalue weighted by Crippen LogP contribution is 2.15. The van der Waals surface area contributed by atoms with Crippen LogP contribution in [0, 0.1) is 11.6 Å². The van der Waals surface area contributed by atoms with Gasteiger partial charge in [-0.2, -0.15) is 0 Å². The first-order valence-corrected chi connectivity index (χ1v) is 4.06. The van der Waals surface area contributed by atoms with E-state index in [0.717, 1.165) is 7.11 Å². The maximum Gasteiger partial charge on any atom is 0.340 e. The van der Waals surface area contributed by atoms with Crippen molar-refractivity contribution in [1.29, 1.82) is 0 Å². The van der Waals surface area contributed by atoms with Gasteiger partial charge in [-0.1, -0.05) is 5.16 Å². The molecule has 0 bridgehead atoms. The van der Waals surface area contributed by atoms with Gasteiger partial charge in [0, 0.05) is 0 Å². The lowest BCUT2D eigenvalue weighted by molar-refractivity contribution is 0.0595. The second-order valence-electron chi connectivity index (χ2n) is 2.79. The molecule has 0 saturated heterocycles.